The van der Waals surface area contributed by atoms with Crippen molar-refractivity contribution in [1.29, 1.82) is 0 Å². The van der Waals surface area contributed by atoms with Crippen molar-refractivity contribution in [3.63, 3.8) is 0 Å². The zero-order valence-corrected chi connectivity index (χ0v) is 14.7. The van der Waals surface area contributed by atoms with Crippen LogP contribution in [0.4, 0.5) is 4.79 Å². The predicted octanol–water partition coefficient (Wildman–Crippen LogP) is 4.59. The Morgan fingerprint density at radius 2 is 2.04 bits per heavy atom. The first-order valence-corrected chi connectivity index (χ1v) is 8.98. The molecule has 124 valence electrons. The average Bonchev–Trinajstić information content (AvgIpc) is 3.04. The van der Waals surface area contributed by atoms with Gasteiger partial charge in [-0.3, -0.25) is 4.98 Å². The molecule has 1 atom stereocenters. The third-order valence-electron chi connectivity index (χ3n) is 4.07. The summed E-state index contributed by atoms with van der Waals surface area (Å²) in [4.78, 5) is 18.7. The molecule has 0 saturated heterocycles. The Labute approximate surface area is 146 Å². The van der Waals surface area contributed by atoms with Crippen molar-refractivity contribution in [1.82, 2.24) is 15.2 Å². The van der Waals surface area contributed by atoms with E-state index in [1.54, 1.807) is 22.4 Å². The number of pyridine rings is 1. The van der Waals surface area contributed by atoms with Crippen LogP contribution in [0.2, 0.25) is 0 Å². The molecule has 0 fully saturated rings. The Morgan fingerprint density at radius 3 is 2.79 bits per heavy atom. The molecule has 1 N–H and O–H groups in total. The van der Waals surface area contributed by atoms with Crippen molar-refractivity contribution < 1.29 is 4.79 Å². The molecule has 24 heavy (non-hydrogen) atoms. The fourth-order valence-corrected chi connectivity index (χ4v) is 3.76. The molecular weight excluding hydrogens is 318 g/mol. The summed E-state index contributed by atoms with van der Waals surface area (Å²) in [6, 6.07) is 13.9. The average molecular weight is 339 g/mol. The molecule has 2 aromatic heterocycles. The lowest BCUT2D eigenvalue weighted by molar-refractivity contribution is 0.194. The van der Waals surface area contributed by atoms with E-state index in [2.05, 4.69) is 27.8 Å². The third kappa shape index (κ3) is 3.57. The van der Waals surface area contributed by atoms with Gasteiger partial charge in [0.25, 0.3) is 0 Å². The standard InChI is InChI=1S/C19H21N3OS/c1-3-22(12-15-8-6-7-11-20-15)19(23)21-14(2)17-13-24-18-10-5-4-9-16(17)18/h4-11,13-14H,3,12H2,1-2H3,(H,21,23). The van der Waals surface area contributed by atoms with Crippen LogP contribution < -0.4 is 5.32 Å². The minimum Gasteiger partial charge on any atom is -0.331 e. The molecule has 0 spiro atoms. The molecule has 2 amide bonds. The van der Waals surface area contributed by atoms with Crippen LogP contribution in [-0.4, -0.2) is 22.5 Å². The number of rotatable bonds is 5. The van der Waals surface area contributed by atoms with Crippen molar-refractivity contribution in [3.05, 3.63) is 65.3 Å². The Bertz CT molecular complexity index is 816. The Balaban J connectivity index is 1.70. The van der Waals surface area contributed by atoms with Gasteiger partial charge in [-0.1, -0.05) is 24.3 Å². The molecule has 0 aliphatic heterocycles. The summed E-state index contributed by atoms with van der Waals surface area (Å²) in [6.07, 6.45) is 1.75. The molecular formula is C19H21N3OS. The van der Waals surface area contributed by atoms with Crippen LogP contribution in [0.25, 0.3) is 10.1 Å². The molecule has 4 nitrogen and oxygen atoms in total. The highest BCUT2D eigenvalue weighted by Gasteiger charge is 2.18. The van der Waals surface area contributed by atoms with Gasteiger partial charge >= 0.3 is 6.03 Å². The van der Waals surface area contributed by atoms with Gasteiger partial charge in [-0.05, 0) is 48.4 Å². The third-order valence-corrected chi connectivity index (χ3v) is 5.05. The van der Waals surface area contributed by atoms with Gasteiger partial charge in [0.2, 0.25) is 0 Å². The van der Waals surface area contributed by atoms with E-state index in [0.29, 0.717) is 13.1 Å². The number of amides is 2. The van der Waals surface area contributed by atoms with Gasteiger partial charge in [0.1, 0.15) is 0 Å². The van der Waals surface area contributed by atoms with E-state index in [4.69, 9.17) is 0 Å². The maximum atomic E-state index is 12.6. The summed E-state index contributed by atoms with van der Waals surface area (Å²) in [7, 11) is 0. The fourth-order valence-electron chi connectivity index (χ4n) is 2.70. The van der Waals surface area contributed by atoms with Gasteiger partial charge in [0, 0.05) is 17.4 Å². The van der Waals surface area contributed by atoms with E-state index < -0.39 is 0 Å². The number of benzene rings is 1. The fraction of sp³-hybridized carbons (Fsp3) is 0.263. The number of fused-ring (bicyclic) bond motifs is 1. The van der Waals surface area contributed by atoms with Crippen LogP contribution in [0, 0.1) is 0 Å². The maximum absolute atomic E-state index is 12.6. The van der Waals surface area contributed by atoms with Gasteiger partial charge < -0.3 is 10.2 Å². The molecule has 0 radical (unpaired) electrons. The number of hydrogen-bond donors (Lipinski definition) is 1. The molecule has 5 heteroatoms. The van der Waals surface area contributed by atoms with Crippen molar-refractivity contribution in [2.24, 2.45) is 0 Å². The van der Waals surface area contributed by atoms with Gasteiger partial charge in [0.05, 0.1) is 18.3 Å². The number of carbonyl (C=O) groups is 1. The van der Waals surface area contributed by atoms with Crippen LogP contribution in [0.15, 0.2) is 54.0 Å². The number of thiophene rings is 1. The normalized spacial score (nSPS) is 12.1. The van der Waals surface area contributed by atoms with E-state index in [1.807, 2.05) is 44.2 Å². The second-order valence-corrected chi connectivity index (χ2v) is 6.60. The maximum Gasteiger partial charge on any atom is 0.318 e. The lowest BCUT2D eigenvalue weighted by Crippen LogP contribution is -2.40. The summed E-state index contributed by atoms with van der Waals surface area (Å²) >= 11 is 1.71. The second kappa shape index (κ2) is 7.45. The molecule has 0 aliphatic carbocycles. The van der Waals surface area contributed by atoms with Gasteiger partial charge in [-0.15, -0.1) is 11.3 Å². The van der Waals surface area contributed by atoms with Crippen molar-refractivity contribution in [3.8, 4) is 0 Å². The van der Waals surface area contributed by atoms with Crippen molar-refractivity contribution in [2.75, 3.05) is 6.54 Å². The van der Waals surface area contributed by atoms with E-state index in [1.165, 1.54) is 10.1 Å². The minimum absolute atomic E-state index is 0.0357. The number of urea groups is 1. The van der Waals surface area contributed by atoms with Crippen molar-refractivity contribution in [2.45, 2.75) is 26.4 Å². The van der Waals surface area contributed by atoms with E-state index in [0.717, 1.165) is 11.3 Å². The molecule has 1 aromatic carbocycles. The first-order chi connectivity index (χ1) is 11.7. The van der Waals surface area contributed by atoms with E-state index >= 15 is 0 Å². The largest absolute Gasteiger partial charge is 0.331 e. The molecule has 0 aliphatic rings. The van der Waals surface area contributed by atoms with Crippen LogP contribution in [-0.2, 0) is 6.54 Å². The van der Waals surface area contributed by atoms with Crippen LogP contribution >= 0.6 is 11.3 Å². The highest BCUT2D eigenvalue weighted by Crippen LogP contribution is 2.30. The van der Waals surface area contributed by atoms with Crippen LogP contribution in [0.1, 0.15) is 31.1 Å². The monoisotopic (exact) mass is 339 g/mol. The number of nitrogens with zero attached hydrogens (tertiary/aromatic N) is 2. The second-order valence-electron chi connectivity index (χ2n) is 5.69. The Morgan fingerprint density at radius 1 is 1.25 bits per heavy atom. The van der Waals surface area contributed by atoms with Crippen LogP contribution in [0.5, 0.6) is 0 Å². The zero-order valence-electron chi connectivity index (χ0n) is 13.9. The molecule has 1 unspecified atom stereocenters. The minimum atomic E-state index is -0.0639. The first kappa shape index (κ1) is 16.5. The van der Waals surface area contributed by atoms with E-state index in [9.17, 15) is 4.79 Å². The molecule has 3 rings (SSSR count). The number of aromatic nitrogens is 1. The van der Waals surface area contributed by atoms with Gasteiger partial charge in [-0.2, -0.15) is 0 Å². The summed E-state index contributed by atoms with van der Waals surface area (Å²) in [5.41, 5.74) is 2.06. The van der Waals surface area contributed by atoms with Gasteiger partial charge in [-0.25, -0.2) is 4.79 Å². The smallest absolute Gasteiger partial charge is 0.318 e. The topological polar surface area (TPSA) is 45.2 Å². The SMILES string of the molecule is CCN(Cc1ccccn1)C(=O)NC(C)c1csc2ccccc12. The summed E-state index contributed by atoms with van der Waals surface area (Å²) < 4.78 is 1.24. The molecule has 3 aromatic rings. The Hall–Kier alpha value is -2.40. The zero-order chi connectivity index (χ0) is 16.9. The van der Waals surface area contributed by atoms with E-state index in [-0.39, 0.29) is 12.1 Å². The van der Waals surface area contributed by atoms with Crippen molar-refractivity contribution >= 4 is 27.5 Å². The predicted molar refractivity (Wildman–Crippen MR) is 99.1 cm³/mol. The molecule has 2 heterocycles. The molecule has 0 bridgehead atoms. The number of hydrogen-bond acceptors (Lipinski definition) is 3. The highest BCUT2D eigenvalue weighted by molar-refractivity contribution is 7.17. The van der Waals surface area contributed by atoms with Crippen LogP contribution in [0.3, 0.4) is 0 Å². The summed E-state index contributed by atoms with van der Waals surface area (Å²) in [5.74, 6) is 0. The highest BCUT2D eigenvalue weighted by atomic mass is 32.1. The molecule has 0 saturated carbocycles. The van der Waals surface area contributed by atoms with Gasteiger partial charge in [0.15, 0.2) is 0 Å². The number of carbonyl (C=O) groups excluding carboxylic acids is 1. The quantitative estimate of drug-likeness (QED) is 0.739. The lowest BCUT2D eigenvalue weighted by Gasteiger charge is -2.23. The first-order valence-electron chi connectivity index (χ1n) is 8.10. The summed E-state index contributed by atoms with van der Waals surface area (Å²) in [6.45, 7) is 5.16. The lowest BCUT2D eigenvalue weighted by atomic mass is 10.1. The number of nitrogens with one attached hydrogen (secondary N) is 1. The Kier molecular flexibility index (Phi) is 5.11. The summed E-state index contributed by atoms with van der Waals surface area (Å²) in [5, 5.41) is 6.45.